The van der Waals surface area contributed by atoms with E-state index in [0.29, 0.717) is 28.8 Å². The number of aromatic amines is 1. The van der Waals surface area contributed by atoms with Crippen molar-refractivity contribution >= 4 is 28.4 Å². The van der Waals surface area contributed by atoms with E-state index in [-0.39, 0.29) is 5.91 Å². The Morgan fingerprint density at radius 2 is 1.86 bits per heavy atom. The van der Waals surface area contributed by atoms with Crippen LogP contribution in [0.2, 0.25) is 0 Å². The first-order valence-corrected chi connectivity index (χ1v) is 8.98. The molecular formula is C21H20N6O2. The molecule has 0 radical (unpaired) electrons. The number of nitrogens with zero attached hydrogens (tertiary/aromatic N) is 4. The third kappa shape index (κ3) is 3.86. The van der Waals surface area contributed by atoms with E-state index in [1.807, 2.05) is 30.3 Å². The number of ether oxygens (including phenoxy) is 1. The Morgan fingerprint density at radius 3 is 2.66 bits per heavy atom. The van der Waals surface area contributed by atoms with Crippen molar-refractivity contribution in [3.8, 4) is 17.1 Å². The summed E-state index contributed by atoms with van der Waals surface area (Å²) < 4.78 is 5.25. The molecule has 0 aliphatic rings. The highest BCUT2D eigenvalue weighted by Gasteiger charge is 2.12. The molecule has 3 aromatic heterocycles. The smallest absolute Gasteiger partial charge is 0.269 e. The molecule has 2 N–H and O–H groups in total. The highest BCUT2D eigenvalue weighted by atomic mass is 16.5. The molecule has 0 bridgehead atoms. The summed E-state index contributed by atoms with van der Waals surface area (Å²) in [5.41, 5.74) is 3.63. The molecule has 4 aromatic rings. The minimum absolute atomic E-state index is 0.0717. The zero-order valence-corrected chi connectivity index (χ0v) is 16.3. The Balaban J connectivity index is 1.60. The Bertz CT molecular complexity index is 1180. The fraction of sp³-hybridized carbons (Fsp3) is 0.143. The Hall–Kier alpha value is -3.94. The first-order chi connectivity index (χ1) is 14.0. The highest BCUT2D eigenvalue weighted by Crippen LogP contribution is 2.24. The van der Waals surface area contributed by atoms with Gasteiger partial charge in [0.05, 0.1) is 18.5 Å². The van der Waals surface area contributed by atoms with Crippen molar-refractivity contribution < 1.29 is 9.53 Å². The lowest BCUT2D eigenvalue weighted by Gasteiger charge is -2.07. The topological polar surface area (TPSA) is 96.0 Å². The van der Waals surface area contributed by atoms with Crippen molar-refractivity contribution in [3.05, 3.63) is 60.6 Å². The van der Waals surface area contributed by atoms with Gasteiger partial charge in [-0.2, -0.15) is 0 Å². The van der Waals surface area contributed by atoms with Crippen molar-refractivity contribution in [1.29, 1.82) is 0 Å². The lowest BCUT2D eigenvalue weighted by molar-refractivity contribution is 0.0823. The van der Waals surface area contributed by atoms with Crippen molar-refractivity contribution in [2.45, 2.75) is 0 Å². The number of anilines is 2. The van der Waals surface area contributed by atoms with E-state index in [1.165, 1.54) is 4.90 Å². The Morgan fingerprint density at radius 1 is 1.03 bits per heavy atom. The molecule has 1 amide bonds. The van der Waals surface area contributed by atoms with Crippen LogP contribution in [0, 0.1) is 0 Å². The van der Waals surface area contributed by atoms with Gasteiger partial charge in [-0.1, -0.05) is 0 Å². The number of amides is 1. The maximum Gasteiger partial charge on any atom is 0.269 e. The number of pyridine rings is 1. The van der Waals surface area contributed by atoms with Gasteiger partial charge in [0, 0.05) is 49.1 Å². The normalized spacial score (nSPS) is 10.7. The van der Waals surface area contributed by atoms with Crippen LogP contribution in [-0.4, -0.2) is 51.9 Å². The second kappa shape index (κ2) is 7.59. The van der Waals surface area contributed by atoms with E-state index in [4.69, 9.17) is 4.74 Å². The van der Waals surface area contributed by atoms with Gasteiger partial charge in [-0.05, 0) is 36.4 Å². The monoisotopic (exact) mass is 388 g/mol. The van der Waals surface area contributed by atoms with Crippen LogP contribution in [0.25, 0.3) is 22.3 Å². The minimum atomic E-state index is -0.0717. The van der Waals surface area contributed by atoms with Gasteiger partial charge in [0.1, 0.15) is 11.4 Å². The first-order valence-electron chi connectivity index (χ1n) is 8.98. The molecule has 146 valence electrons. The van der Waals surface area contributed by atoms with E-state index in [2.05, 4.69) is 25.3 Å². The molecule has 1 aromatic carbocycles. The largest absolute Gasteiger partial charge is 0.497 e. The molecule has 0 atom stereocenters. The van der Waals surface area contributed by atoms with Gasteiger partial charge in [0.2, 0.25) is 5.95 Å². The molecule has 29 heavy (non-hydrogen) atoms. The number of carbonyl (C=O) groups is 1. The second-order valence-corrected chi connectivity index (χ2v) is 6.66. The molecule has 4 rings (SSSR count). The summed E-state index contributed by atoms with van der Waals surface area (Å²) in [6, 6.07) is 13.0. The molecule has 3 heterocycles. The zero-order chi connectivity index (χ0) is 20.4. The zero-order valence-electron chi connectivity index (χ0n) is 16.3. The van der Waals surface area contributed by atoms with Crippen LogP contribution < -0.4 is 10.1 Å². The fourth-order valence-electron chi connectivity index (χ4n) is 2.94. The van der Waals surface area contributed by atoms with Gasteiger partial charge >= 0.3 is 0 Å². The number of hydrogen-bond acceptors (Lipinski definition) is 6. The molecule has 8 heteroatoms. The summed E-state index contributed by atoms with van der Waals surface area (Å²) in [4.78, 5) is 30.0. The minimum Gasteiger partial charge on any atom is -0.497 e. The average molecular weight is 388 g/mol. The van der Waals surface area contributed by atoms with Crippen LogP contribution in [-0.2, 0) is 0 Å². The molecule has 0 aliphatic carbocycles. The molecule has 8 nitrogen and oxygen atoms in total. The molecule has 0 saturated carbocycles. The van der Waals surface area contributed by atoms with E-state index < -0.39 is 0 Å². The van der Waals surface area contributed by atoms with Crippen LogP contribution in [0.5, 0.6) is 5.75 Å². The molecule has 0 saturated heterocycles. The number of hydrogen-bond donors (Lipinski definition) is 2. The molecular weight excluding hydrogens is 368 g/mol. The van der Waals surface area contributed by atoms with Gasteiger partial charge in [-0.25, -0.2) is 9.97 Å². The van der Waals surface area contributed by atoms with Crippen LogP contribution >= 0.6 is 0 Å². The standard InChI is InChI=1S/C21H20N6O2/c1-27(2)20(28)19-11-13-10-14(4-5-16(13)25-19)24-21-23-9-7-17(26-21)18-12-15(29-3)6-8-22-18/h4-12,25H,1-3H3,(H,23,24,26). The van der Waals surface area contributed by atoms with Crippen molar-refractivity contribution in [2.24, 2.45) is 0 Å². The van der Waals surface area contributed by atoms with Gasteiger partial charge in [0.15, 0.2) is 0 Å². The summed E-state index contributed by atoms with van der Waals surface area (Å²) in [7, 11) is 5.06. The highest BCUT2D eigenvalue weighted by molar-refractivity contribution is 5.98. The number of methoxy groups -OCH3 is 1. The number of carbonyl (C=O) groups excluding carboxylic acids is 1. The Kier molecular flexibility index (Phi) is 4.82. The number of fused-ring (bicyclic) bond motifs is 1. The van der Waals surface area contributed by atoms with E-state index in [1.54, 1.807) is 45.7 Å². The summed E-state index contributed by atoms with van der Waals surface area (Å²) in [6.07, 6.45) is 3.35. The number of rotatable bonds is 5. The van der Waals surface area contributed by atoms with Crippen molar-refractivity contribution in [2.75, 3.05) is 26.5 Å². The molecule has 0 unspecified atom stereocenters. The fourth-order valence-corrected chi connectivity index (χ4v) is 2.94. The SMILES string of the molecule is COc1ccnc(-c2ccnc(Nc3ccc4[nH]c(C(=O)N(C)C)cc4c3)n2)c1. The lowest BCUT2D eigenvalue weighted by atomic mass is 10.2. The van der Waals surface area contributed by atoms with Crippen LogP contribution in [0.1, 0.15) is 10.5 Å². The lowest BCUT2D eigenvalue weighted by Crippen LogP contribution is -2.21. The summed E-state index contributed by atoms with van der Waals surface area (Å²) in [5.74, 6) is 1.09. The maximum absolute atomic E-state index is 12.2. The van der Waals surface area contributed by atoms with E-state index >= 15 is 0 Å². The van der Waals surface area contributed by atoms with Gasteiger partial charge in [0.25, 0.3) is 5.91 Å². The van der Waals surface area contributed by atoms with Crippen molar-refractivity contribution in [1.82, 2.24) is 24.8 Å². The molecule has 0 fully saturated rings. The first kappa shape index (κ1) is 18.4. The molecule has 0 aliphatic heterocycles. The number of nitrogens with one attached hydrogen (secondary N) is 2. The van der Waals surface area contributed by atoms with Gasteiger partial charge in [-0.15, -0.1) is 0 Å². The number of benzene rings is 1. The molecule has 0 spiro atoms. The Labute approximate surface area is 167 Å². The summed E-state index contributed by atoms with van der Waals surface area (Å²) in [6.45, 7) is 0. The number of aromatic nitrogens is 4. The van der Waals surface area contributed by atoms with E-state index in [0.717, 1.165) is 16.6 Å². The van der Waals surface area contributed by atoms with Crippen molar-refractivity contribution in [3.63, 3.8) is 0 Å². The van der Waals surface area contributed by atoms with Gasteiger partial charge in [-0.3, -0.25) is 9.78 Å². The summed E-state index contributed by atoms with van der Waals surface area (Å²) in [5, 5.41) is 4.13. The third-order valence-corrected chi connectivity index (χ3v) is 4.40. The number of H-pyrrole nitrogens is 1. The summed E-state index contributed by atoms with van der Waals surface area (Å²) >= 11 is 0. The van der Waals surface area contributed by atoms with E-state index in [9.17, 15) is 4.79 Å². The van der Waals surface area contributed by atoms with Crippen LogP contribution in [0.15, 0.2) is 54.9 Å². The van der Waals surface area contributed by atoms with Gasteiger partial charge < -0.3 is 19.9 Å². The average Bonchev–Trinajstić information content (AvgIpc) is 3.16. The predicted octanol–water partition coefficient (Wildman–Crippen LogP) is 3.47. The third-order valence-electron chi connectivity index (χ3n) is 4.40. The second-order valence-electron chi connectivity index (χ2n) is 6.66. The van der Waals surface area contributed by atoms with Crippen LogP contribution in [0.4, 0.5) is 11.6 Å². The maximum atomic E-state index is 12.2. The van der Waals surface area contributed by atoms with Crippen LogP contribution in [0.3, 0.4) is 0 Å². The quantitative estimate of drug-likeness (QED) is 0.543. The predicted molar refractivity (Wildman–Crippen MR) is 111 cm³/mol.